The van der Waals surface area contributed by atoms with E-state index < -0.39 is 0 Å². The van der Waals surface area contributed by atoms with Crippen LogP contribution in [0.25, 0.3) is 10.8 Å². The standard InChI is InChI=1S/C24H20N4O/c1-2-29-23-17-12-18-8-6-7-11-22(18)24(23)28-27-21-15-13-20(14-16-21)26-25-19-9-4-3-5-10-19/h3-17H,2H2,1H3/b26-25+,28-27+. The maximum Gasteiger partial charge on any atom is 0.147 e. The normalized spacial score (nSPS) is 11.5. The van der Waals surface area contributed by atoms with Crippen molar-refractivity contribution in [3.63, 3.8) is 0 Å². The van der Waals surface area contributed by atoms with Crippen LogP contribution in [-0.2, 0) is 0 Å². The van der Waals surface area contributed by atoms with E-state index in [-0.39, 0.29) is 0 Å². The number of azo groups is 2. The van der Waals surface area contributed by atoms with Gasteiger partial charge in [-0.3, -0.25) is 0 Å². The van der Waals surface area contributed by atoms with Crippen molar-refractivity contribution < 1.29 is 4.74 Å². The number of hydrogen-bond acceptors (Lipinski definition) is 5. The highest BCUT2D eigenvalue weighted by molar-refractivity contribution is 5.95. The lowest BCUT2D eigenvalue weighted by atomic mass is 10.1. The van der Waals surface area contributed by atoms with Crippen LogP contribution in [0.15, 0.2) is 111 Å². The second kappa shape index (κ2) is 8.89. The van der Waals surface area contributed by atoms with E-state index in [1.165, 1.54) is 0 Å². The molecule has 5 heteroatoms. The molecule has 0 aliphatic heterocycles. The Morgan fingerprint density at radius 3 is 1.86 bits per heavy atom. The van der Waals surface area contributed by atoms with Crippen LogP contribution in [0.4, 0.5) is 22.7 Å². The first-order valence-electron chi connectivity index (χ1n) is 9.46. The van der Waals surface area contributed by atoms with Crippen LogP contribution in [0.2, 0.25) is 0 Å². The van der Waals surface area contributed by atoms with E-state index in [0.717, 1.165) is 39.3 Å². The number of nitrogens with zero attached hydrogens (tertiary/aromatic N) is 4. The molecule has 29 heavy (non-hydrogen) atoms. The Morgan fingerprint density at radius 2 is 1.17 bits per heavy atom. The van der Waals surface area contributed by atoms with Gasteiger partial charge in [0, 0.05) is 5.39 Å². The van der Waals surface area contributed by atoms with Gasteiger partial charge in [0.1, 0.15) is 11.4 Å². The summed E-state index contributed by atoms with van der Waals surface area (Å²) >= 11 is 0. The summed E-state index contributed by atoms with van der Waals surface area (Å²) in [7, 11) is 0. The van der Waals surface area contributed by atoms with Crippen molar-refractivity contribution in [1.29, 1.82) is 0 Å². The largest absolute Gasteiger partial charge is 0.492 e. The van der Waals surface area contributed by atoms with E-state index in [2.05, 4.69) is 26.5 Å². The number of hydrogen-bond donors (Lipinski definition) is 0. The number of fused-ring (bicyclic) bond motifs is 1. The zero-order chi connectivity index (χ0) is 19.9. The van der Waals surface area contributed by atoms with Gasteiger partial charge in [-0.15, -0.1) is 5.11 Å². The summed E-state index contributed by atoms with van der Waals surface area (Å²) in [5, 5.41) is 19.5. The van der Waals surface area contributed by atoms with Gasteiger partial charge in [-0.2, -0.15) is 15.3 Å². The summed E-state index contributed by atoms with van der Waals surface area (Å²) in [6.45, 7) is 2.53. The Kier molecular flexibility index (Phi) is 5.67. The second-order valence-corrected chi connectivity index (χ2v) is 6.32. The Bertz CT molecular complexity index is 1150. The topological polar surface area (TPSA) is 58.7 Å². The van der Waals surface area contributed by atoms with E-state index in [9.17, 15) is 0 Å². The van der Waals surface area contributed by atoms with Gasteiger partial charge in [0.05, 0.1) is 23.7 Å². The van der Waals surface area contributed by atoms with Crippen LogP contribution in [0.1, 0.15) is 6.92 Å². The SMILES string of the molecule is CCOc1ccc2ccccc2c1/N=N/c1ccc(/N=N/c2ccccc2)cc1. The molecule has 0 heterocycles. The van der Waals surface area contributed by atoms with E-state index in [0.29, 0.717) is 6.61 Å². The van der Waals surface area contributed by atoms with Gasteiger partial charge < -0.3 is 4.74 Å². The molecule has 0 spiro atoms. The summed E-state index contributed by atoms with van der Waals surface area (Å²) in [4.78, 5) is 0. The first-order valence-corrected chi connectivity index (χ1v) is 9.46. The third kappa shape index (κ3) is 4.52. The first-order chi connectivity index (χ1) is 14.3. The lowest BCUT2D eigenvalue weighted by molar-refractivity contribution is 0.341. The summed E-state index contributed by atoms with van der Waals surface area (Å²) in [6, 6.07) is 29.2. The highest BCUT2D eigenvalue weighted by Crippen LogP contribution is 2.37. The average molecular weight is 380 g/mol. The molecule has 5 nitrogen and oxygen atoms in total. The monoisotopic (exact) mass is 380 g/mol. The van der Waals surface area contributed by atoms with E-state index in [1.54, 1.807) is 0 Å². The lowest BCUT2D eigenvalue weighted by Crippen LogP contribution is -1.91. The predicted octanol–water partition coefficient (Wildman–Crippen LogP) is 8.07. The van der Waals surface area contributed by atoms with E-state index in [4.69, 9.17) is 4.74 Å². The van der Waals surface area contributed by atoms with Crippen molar-refractivity contribution in [1.82, 2.24) is 0 Å². The molecular formula is C24H20N4O. The fourth-order valence-electron chi connectivity index (χ4n) is 2.91. The van der Waals surface area contributed by atoms with Crippen molar-refractivity contribution in [2.75, 3.05) is 6.61 Å². The number of benzene rings is 4. The first kappa shape index (κ1) is 18.5. The van der Waals surface area contributed by atoms with Crippen molar-refractivity contribution >= 4 is 33.5 Å². The molecule has 142 valence electrons. The Hall–Kier alpha value is -3.86. The van der Waals surface area contributed by atoms with Gasteiger partial charge in [-0.05, 0) is 54.8 Å². The second-order valence-electron chi connectivity index (χ2n) is 6.32. The van der Waals surface area contributed by atoms with Gasteiger partial charge in [0.25, 0.3) is 0 Å². The molecule has 4 aromatic carbocycles. The quantitative estimate of drug-likeness (QED) is 0.312. The lowest BCUT2D eigenvalue weighted by Gasteiger charge is -2.09. The zero-order valence-corrected chi connectivity index (χ0v) is 16.1. The zero-order valence-electron chi connectivity index (χ0n) is 16.1. The van der Waals surface area contributed by atoms with E-state index in [1.807, 2.05) is 91.9 Å². The third-order valence-electron chi connectivity index (χ3n) is 4.32. The molecule has 0 N–H and O–H groups in total. The minimum Gasteiger partial charge on any atom is -0.492 e. The van der Waals surface area contributed by atoms with Gasteiger partial charge in [-0.25, -0.2) is 0 Å². The minimum atomic E-state index is 0.571. The summed E-state index contributed by atoms with van der Waals surface area (Å²) in [5.41, 5.74) is 3.04. The molecule has 0 aromatic heterocycles. The number of rotatable bonds is 6. The molecule has 4 aromatic rings. The molecule has 0 saturated heterocycles. The number of ether oxygens (including phenoxy) is 1. The molecule has 0 bridgehead atoms. The van der Waals surface area contributed by atoms with Crippen LogP contribution >= 0.6 is 0 Å². The molecule has 0 saturated carbocycles. The van der Waals surface area contributed by atoms with Gasteiger partial charge >= 0.3 is 0 Å². The van der Waals surface area contributed by atoms with Crippen LogP contribution in [0.5, 0.6) is 5.75 Å². The summed E-state index contributed by atoms with van der Waals surface area (Å²) in [6.07, 6.45) is 0. The summed E-state index contributed by atoms with van der Waals surface area (Å²) in [5.74, 6) is 0.725. The molecule has 0 aliphatic rings. The smallest absolute Gasteiger partial charge is 0.147 e. The maximum atomic E-state index is 5.75. The average Bonchev–Trinajstić information content (AvgIpc) is 2.78. The molecule has 0 radical (unpaired) electrons. The predicted molar refractivity (Wildman–Crippen MR) is 116 cm³/mol. The molecule has 4 rings (SSSR count). The van der Waals surface area contributed by atoms with Crippen LogP contribution in [0, 0.1) is 0 Å². The minimum absolute atomic E-state index is 0.571. The van der Waals surface area contributed by atoms with Crippen LogP contribution < -0.4 is 4.74 Å². The Labute approximate surface area is 169 Å². The molecule has 0 unspecified atom stereocenters. The van der Waals surface area contributed by atoms with Crippen molar-refractivity contribution in [3.8, 4) is 5.75 Å². The summed E-state index contributed by atoms with van der Waals surface area (Å²) < 4.78 is 5.75. The molecule has 0 aliphatic carbocycles. The highest BCUT2D eigenvalue weighted by Gasteiger charge is 2.08. The fraction of sp³-hybridized carbons (Fsp3) is 0.0833. The third-order valence-corrected chi connectivity index (χ3v) is 4.32. The molecule has 0 atom stereocenters. The molecular weight excluding hydrogens is 360 g/mol. The highest BCUT2D eigenvalue weighted by atomic mass is 16.5. The van der Waals surface area contributed by atoms with Crippen molar-refractivity contribution in [2.45, 2.75) is 6.92 Å². The Balaban J connectivity index is 1.58. The maximum absolute atomic E-state index is 5.75. The van der Waals surface area contributed by atoms with Crippen molar-refractivity contribution in [2.24, 2.45) is 20.5 Å². The van der Waals surface area contributed by atoms with Crippen LogP contribution in [-0.4, -0.2) is 6.61 Å². The fourth-order valence-corrected chi connectivity index (χ4v) is 2.91. The van der Waals surface area contributed by atoms with Gasteiger partial charge in [-0.1, -0.05) is 48.5 Å². The van der Waals surface area contributed by atoms with Gasteiger partial charge in [0.2, 0.25) is 0 Å². The molecule has 0 amide bonds. The molecule has 0 fully saturated rings. The van der Waals surface area contributed by atoms with Gasteiger partial charge in [0.15, 0.2) is 0 Å². The Morgan fingerprint density at radius 1 is 0.586 bits per heavy atom. The van der Waals surface area contributed by atoms with Crippen molar-refractivity contribution in [3.05, 3.63) is 91.0 Å². The van der Waals surface area contributed by atoms with E-state index >= 15 is 0 Å². The van der Waals surface area contributed by atoms with Crippen LogP contribution in [0.3, 0.4) is 0 Å².